The average Bonchev–Trinajstić information content (AvgIpc) is 3.19. The van der Waals surface area contributed by atoms with Crippen LogP contribution in [0.2, 0.25) is 0 Å². The van der Waals surface area contributed by atoms with Gasteiger partial charge in [-0.1, -0.05) is 30.3 Å². The summed E-state index contributed by atoms with van der Waals surface area (Å²) >= 11 is 0. The first-order valence-electron chi connectivity index (χ1n) is 10.1. The number of nitrogens with one attached hydrogen (secondary N) is 1. The third-order valence-electron chi connectivity index (χ3n) is 4.56. The number of rotatable bonds is 11. The quantitative estimate of drug-likeness (QED) is 0.503. The molecule has 1 amide bonds. The Bertz CT molecular complexity index is 867. The molecule has 0 bridgehead atoms. The summed E-state index contributed by atoms with van der Waals surface area (Å²) in [4.78, 5) is 20.4. The van der Waals surface area contributed by atoms with Crippen LogP contribution in [0.25, 0.3) is 0 Å². The van der Waals surface area contributed by atoms with Crippen molar-refractivity contribution in [2.24, 2.45) is 0 Å². The lowest BCUT2D eigenvalue weighted by molar-refractivity contribution is -0.121. The summed E-state index contributed by atoms with van der Waals surface area (Å²) in [5.74, 6) is 1.12. The highest BCUT2D eigenvalue weighted by Crippen LogP contribution is 2.10. The number of unbranched alkanes of at least 4 members (excludes halogenated alkanes) is 1. The van der Waals surface area contributed by atoms with E-state index >= 15 is 0 Å². The Kier molecular flexibility index (Phi) is 7.86. The molecule has 2 heterocycles. The van der Waals surface area contributed by atoms with E-state index in [-0.39, 0.29) is 11.9 Å². The maximum Gasteiger partial charge on any atom is 0.220 e. The lowest BCUT2D eigenvalue weighted by Crippen LogP contribution is -2.34. The standard InChI is InChI=1S/C22H27N5O2/c1-17(15-19-16-23-13-14-24-19)25-20(28)11-12-22-27-26-21(29-22)10-6-5-9-18-7-3-2-4-8-18/h2-4,7-8,13-14,16-17H,5-6,9-12,15H2,1H3,(H,25,28). The Morgan fingerprint density at radius 3 is 2.55 bits per heavy atom. The van der Waals surface area contributed by atoms with E-state index in [2.05, 4.69) is 49.7 Å². The van der Waals surface area contributed by atoms with Gasteiger partial charge in [-0.3, -0.25) is 14.8 Å². The molecule has 3 rings (SSSR count). The van der Waals surface area contributed by atoms with Crippen LogP contribution in [0.4, 0.5) is 0 Å². The van der Waals surface area contributed by atoms with Crippen LogP contribution in [0.5, 0.6) is 0 Å². The van der Waals surface area contributed by atoms with Crippen molar-refractivity contribution in [1.29, 1.82) is 0 Å². The molecule has 1 N–H and O–H groups in total. The molecule has 1 aromatic carbocycles. The van der Waals surface area contributed by atoms with Gasteiger partial charge in [0, 0.05) is 50.3 Å². The number of amides is 1. The maximum atomic E-state index is 12.1. The highest BCUT2D eigenvalue weighted by atomic mass is 16.4. The number of hydrogen-bond donors (Lipinski definition) is 1. The van der Waals surface area contributed by atoms with Crippen molar-refractivity contribution in [3.8, 4) is 0 Å². The maximum absolute atomic E-state index is 12.1. The number of nitrogens with zero attached hydrogens (tertiary/aromatic N) is 4. The van der Waals surface area contributed by atoms with Crippen LogP contribution in [-0.2, 0) is 30.5 Å². The number of carbonyl (C=O) groups is 1. The van der Waals surface area contributed by atoms with E-state index in [0.29, 0.717) is 31.0 Å². The van der Waals surface area contributed by atoms with Gasteiger partial charge in [-0.25, -0.2) is 0 Å². The lowest BCUT2D eigenvalue weighted by atomic mass is 10.1. The molecule has 0 fully saturated rings. The fourth-order valence-corrected chi connectivity index (χ4v) is 3.11. The van der Waals surface area contributed by atoms with Crippen molar-refractivity contribution in [1.82, 2.24) is 25.5 Å². The van der Waals surface area contributed by atoms with Crippen molar-refractivity contribution in [3.05, 3.63) is 72.0 Å². The number of aryl methyl sites for hydroxylation is 3. The van der Waals surface area contributed by atoms with Crippen molar-refractivity contribution in [2.45, 2.75) is 57.9 Å². The fourth-order valence-electron chi connectivity index (χ4n) is 3.11. The highest BCUT2D eigenvalue weighted by Gasteiger charge is 2.12. The summed E-state index contributed by atoms with van der Waals surface area (Å²) in [6, 6.07) is 10.4. The molecular weight excluding hydrogens is 366 g/mol. The summed E-state index contributed by atoms with van der Waals surface area (Å²) in [5.41, 5.74) is 2.20. The Morgan fingerprint density at radius 2 is 1.79 bits per heavy atom. The molecule has 3 aromatic rings. The molecule has 1 atom stereocenters. The monoisotopic (exact) mass is 393 g/mol. The molecule has 2 aromatic heterocycles. The molecule has 1 unspecified atom stereocenters. The van der Waals surface area contributed by atoms with Crippen LogP contribution < -0.4 is 5.32 Å². The van der Waals surface area contributed by atoms with Crippen molar-refractivity contribution in [2.75, 3.05) is 0 Å². The topological polar surface area (TPSA) is 93.8 Å². The van der Waals surface area contributed by atoms with Gasteiger partial charge in [0.05, 0.1) is 5.69 Å². The minimum absolute atomic E-state index is 0.0120. The molecule has 0 radical (unpaired) electrons. The van der Waals surface area contributed by atoms with Crippen LogP contribution in [0.1, 0.15) is 49.2 Å². The number of benzene rings is 1. The third-order valence-corrected chi connectivity index (χ3v) is 4.56. The van der Waals surface area contributed by atoms with E-state index in [4.69, 9.17) is 4.42 Å². The van der Waals surface area contributed by atoms with Gasteiger partial charge < -0.3 is 9.73 Å². The number of aromatic nitrogens is 4. The van der Waals surface area contributed by atoms with Crippen LogP contribution in [-0.4, -0.2) is 32.1 Å². The lowest BCUT2D eigenvalue weighted by Gasteiger charge is -2.12. The predicted molar refractivity (Wildman–Crippen MR) is 109 cm³/mol. The molecular formula is C22H27N5O2. The SMILES string of the molecule is CC(Cc1cnccn1)NC(=O)CCc1nnc(CCCCc2ccccc2)o1. The van der Waals surface area contributed by atoms with Gasteiger partial charge in [-0.2, -0.15) is 0 Å². The zero-order chi connectivity index (χ0) is 20.3. The summed E-state index contributed by atoms with van der Waals surface area (Å²) in [5, 5.41) is 11.1. The van der Waals surface area contributed by atoms with Gasteiger partial charge in [-0.05, 0) is 31.7 Å². The second-order valence-corrected chi connectivity index (χ2v) is 7.15. The Balaban J connectivity index is 1.32. The molecule has 7 nitrogen and oxygen atoms in total. The number of carbonyl (C=O) groups excluding carboxylic acids is 1. The molecule has 7 heteroatoms. The first-order chi connectivity index (χ1) is 14.2. The fraction of sp³-hybridized carbons (Fsp3) is 0.409. The van der Waals surface area contributed by atoms with Crippen LogP contribution in [0.15, 0.2) is 53.3 Å². The average molecular weight is 393 g/mol. The first-order valence-corrected chi connectivity index (χ1v) is 10.1. The molecule has 0 aliphatic carbocycles. The highest BCUT2D eigenvalue weighted by molar-refractivity contribution is 5.76. The zero-order valence-electron chi connectivity index (χ0n) is 16.8. The normalized spacial score (nSPS) is 11.9. The van der Waals surface area contributed by atoms with Gasteiger partial charge in [0.15, 0.2) is 0 Å². The minimum atomic E-state index is -0.0380. The third kappa shape index (κ3) is 7.44. The molecule has 0 saturated heterocycles. The van der Waals surface area contributed by atoms with E-state index < -0.39 is 0 Å². The predicted octanol–water partition coefficient (Wildman–Crippen LogP) is 3.11. The summed E-state index contributed by atoms with van der Waals surface area (Å²) < 4.78 is 5.67. The van der Waals surface area contributed by atoms with E-state index in [1.54, 1.807) is 18.6 Å². The van der Waals surface area contributed by atoms with Crippen LogP contribution in [0.3, 0.4) is 0 Å². The molecule has 152 valence electrons. The Morgan fingerprint density at radius 1 is 1.03 bits per heavy atom. The van der Waals surface area contributed by atoms with Crippen molar-refractivity contribution in [3.63, 3.8) is 0 Å². The van der Waals surface area contributed by atoms with Gasteiger partial charge in [-0.15, -0.1) is 10.2 Å². The molecule has 0 aliphatic heterocycles. The largest absolute Gasteiger partial charge is 0.425 e. The van der Waals surface area contributed by atoms with E-state index in [9.17, 15) is 4.79 Å². The van der Waals surface area contributed by atoms with Crippen molar-refractivity contribution < 1.29 is 9.21 Å². The Hall–Kier alpha value is -3.09. The van der Waals surface area contributed by atoms with Crippen LogP contribution in [0, 0.1) is 0 Å². The molecule has 0 aliphatic rings. The van der Waals surface area contributed by atoms with Gasteiger partial charge in [0.25, 0.3) is 0 Å². The zero-order valence-corrected chi connectivity index (χ0v) is 16.8. The molecule has 0 saturated carbocycles. The smallest absolute Gasteiger partial charge is 0.220 e. The first kappa shape index (κ1) is 20.6. The van der Waals surface area contributed by atoms with E-state index in [0.717, 1.165) is 31.4 Å². The summed E-state index contributed by atoms with van der Waals surface area (Å²) in [7, 11) is 0. The summed E-state index contributed by atoms with van der Waals surface area (Å²) in [6.07, 6.45) is 10.3. The second-order valence-electron chi connectivity index (χ2n) is 7.15. The van der Waals surface area contributed by atoms with Crippen molar-refractivity contribution >= 4 is 5.91 Å². The second kappa shape index (κ2) is 11.0. The van der Waals surface area contributed by atoms with Crippen LogP contribution >= 0.6 is 0 Å². The van der Waals surface area contributed by atoms with E-state index in [1.165, 1.54) is 5.56 Å². The summed E-state index contributed by atoms with van der Waals surface area (Å²) in [6.45, 7) is 1.95. The Labute approximate surface area is 171 Å². The molecule has 0 spiro atoms. The van der Waals surface area contributed by atoms with Gasteiger partial charge >= 0.3 is 0 Å². The van der Waals surface area contributed by atoms with Gasteiger partial charge in [0.1, 0.15) is 0 Å². The number of hydrogen-bond acceptors (Lipinski definition) is 6. The van der Waals surface area contributed by atoms with E-state index in [1.807, 2.05) is 13.0 Å². The minimum Gasteiger partial charge on any atom is -0.425 e. The molecule has 29 heavy (non-hydrogen) atoms. The van der Waals surface area contributed by atoms with Gasteiger partial charge in [0.2, 0.25) is 17.7 Å².